The number of carbonyl (C=O) groups excluding carboxylic acids is 2. The van der Waals surface area contributed by atoms with Crippen molar-refractivity contribution < 1.29 is 32.2 Å². The van der Waals surface area contributed by atoms with E-state index in [1.165, 1.54) is 37.3 Å². The van der Waals surface area contributed by atoms with Gasteiger partial charge >= 0.3 is 0 Å². The molecule has 0 fully saturated rings. The van der Waals surface area contributed by atoms with Gasteiger partial charge in [-0.3, -0.25) is 13.9 Å². The Labute approximate surface area is 248 Å². The summed E-state index contributed by atoms with van der Waals surface area (Å²) >= 11 is 0. The van der Waals surface area contributed by atoms with Crippen molar-refractivity contribution in [1.82, 2.24) is 10.2 Å². The number of methoxy groups -OCH3 is 3. The fourth-order valence-electron chi connectivity index (χ4n) is 4.44. The van der Waals surface area contributed by atoms with Crippen molar-refractivity contribution in [3.05, 3.63) is 78.4 Å². The van der Waals surface area contributed by atoms with Gasteiger partial charge in [0.25, 0.3) is 10.0 Å². The molecule has 0 bridgehead atoms. The third-order valence-corrected chi connectivity index (χ3v) is 8.48. The third-order valence-electron chi connectivity index (χ3n) is 6.71. The SMILES string of the molecule is CCCNC(=O)C(CC)N(Cc1ccc(OC)cc1)C(=O)CN(c1ccccc1)S(=O)(=O)c1ccc(OC)c(OC)c1. The Bertz CT molecular complexity index is 1430. The van der Waals surface area contributed by atoms with Crippen LogP contribution in [0.5, 0.6) is 17.2 Å². The molecule has 3 aromatic rings. The van der Waals surface area contributed by atoms with Gasteiger partial charge in [-0.15, -0.1) is 0 Å². The molecule has 42 heavy (non-hydrogen) atoms. The van der Waals surface area contributed by atoms with Gasteiger partial charge in [0.2, 0.25) is 11.8 Å². The lowest BCUT2D eigenvalue weighted by Gasteiger charge is -2.33. The maximum atomic E-state index is 14.1. The minimum Gasteiger partial charge on any atom is -0.497 e. The number of ether oxygens (including phenoxy) is 3. The van der Waals surface area contributed by atoms with Crippen LogP contribution in [-0.4, -0.2) is 65.6 Å². The van der Waals surface area contributed by atoms with Gasteiger partial charge in [-0.2, -0.15) is 0 Å². The van der Waals surface area contributed by atoms with Crippen LogP contribution >= 0.6 is 0 Å². The summed E-state index contributed by atoms with van der Waals surface area (Å²) < 4.78 is 45.0. The fourth-order valence-corrected chi connectivity index (χ4v) is 5.87. The number of hydrogen-bond acceptors (Lipinski definition) is 7. The number of rotatable bonds is 15. The summed E-state index contributed by atoms with van der Waals surface area (Å²) in [5, 5.41) is 2.88. The van der Waals surface area contributed by atoms with Gasteiger partial charge in [-0.25, -0.2) is 8.42 Å². The molecule has 0 aliphatic rings. The lowest BCUT2D eigenvalue weighted by molar-refractivity contribution is -0.140. The molecular formula is C31H39N3O7S. The first kappa shape index (κ1) is 32.3. The predicted molar refractivity (Wildman–Crippen MR) is 161 cm³/mol. The van der Waals surface area contributed by atoms with E-state index >= 15 is 0 Å². The number of carbonyl (C=O) groups is 2. The second kappa shape index (κ2) is 15.1. The molecule has 3 aromatic carbocycles. The summed E-state index contributed by atoms with van der Waals surface area (Å²) in [6.07, 6.45) is 1.07. The smallest absolute Gasteiger partial charge is 0.264 e. The van der Waals surface area contributed by atoms with Gasteiger partial charge < -0.3 is 24.4 Å². The van der Waals surface area contributed by atoms with E-state index in [1.54, 1.807) is 49.6 Å². The van der Waals surface area contributed by atoms with Crippen LogP contribution in [-0.2, 0) is 26.2 Å². The molecule has 0 aromatic heterocycles. The van der Waals surface area contributed by atoms with Gasteiger partial charge in [0.15, 0.2) is 11.5 Å². The van der Waals surface area contributed by atoms with Crippen molar-refractivity contribution in [2.45, 2.75) is 44.2 Å². The lowest BCUT2D eigenvalue weighted by atomic mass is 10.1. The highest BCUT2D eigenvalue weighted by Crippen LogP contribution is 2.32. The summed E-state index contributed by atoms with van der Waals surface area (Å²) in [6.45, 7) is 3.79. The molecule has 0 saturated heterocycles. The van der Waals surface area contributed by atoms with Crippen molar-refractivity contribution in [1.29, 1.82) is 0 Å². The van der Waals surface area contributed by atoms with Gasteiger partial charge in [0.05, 0.1) is 31.9 Å². The maximum Gasteiger partial charge on any atom is 0.264 e. The number of anilines is 1. The van der Waals surface area contributed by atoms with E-state index in [0.717, 1.165) is 16.3 Å². The third kappa shape index (κ3) is 7.73. The first-order valence-corrected chi connectivity index (χ1v) is 15.1. The molecule has 0 aliphatic carbocycles. The van der Waals surface area contributed by atoms with Crippen molar-refractivity contribution in [2.75, 3.05) is 38.7 Å². The summed E-state index contributed by atoms with van der Waals surface area (Å²) in [4.78, 5) is 28.7. The molecule has 2 amide bonds. The maximum absolute atomic E-state index is 14.1. The Hall–Kier alpha value is -4.25. The lowest BCUT2D eigenvalue weighted by Crippen LogP contribution is -2.52. The Morgan fingerprint density at radius 3 is 2.10 bits per heavy atom. The molecule has 0 spiro atoms. The number of hydrogen-bond donors (Lipinski definition) is 1. The Kier molecular flexibility index (Phi) is 11.6. The van der Waals surface area contributed by atoms with Crippen molar-refractivity contribution in [3.63, 3.8) is 0 Å². The standard InChI is InChI=1S/C31H39N3O7S/c1-6-19-32-31(36)27(7-2)33(21-23-13-15-25(39-3)16-14-23)30(35)22-34(24-11-9-8-10-12-24)42(37,38)26-17-18-28(40-4)29(20-26)41-5/h8-18,20,27H,6-7,19,21-22H2,1-5H3,(H,32,36). The molecular weight excluding hydrogens is 558 g/mol. The number of nitrogens with one attached hydrogen (secondary N) is 1. The Morgan fingerprint density at radius 2 is 1.52 bits per heavy atom. The summed E-state index contributed by atoms with van der Waals surface area (Å²) in [5.74, 6) is 0.430. The van der Waals surface area contributed by atoms with Crippen LogP contribution in [0.3, 0.4) is 0 Å². The largest absolute Gasteiger partial charge is 0.497 e. The molecule has 0 saturated carbocycles. The van der Waals surface area contributed by atoms with Gasteiger partial charge in [0.1, 0.15) is 18.3 Å². The molecule has 226 valence electrons. The first-order valence-electron chi connectivity index (χ1n) is 13.7. The molecule has 0 radical (unpaired) electrons. The number of benzene rings is 3. The van der Waals surface area contributed by atoms with E-state index < -0.39 is 28.5 Å². The topological polar surface area (TPSA) is 114 Å². The van der Waals surface area contributed by atoms with Crippen molar-refractivity contribution >= 4 is 27.5 Å². The molecule has 0 heterocycles. The van der Waals surface area contributed by atoms with Crippen LogP contribution in [0.25, 0.3) is 0 Å². The van der Waals surface area contributed by atoms with Gasteiger partial charge in [0, 0.05) is 19.2 Å². The van der Waals surface area contributed by atoms with Gasteiger partial charge in [-0.1, -0.05) is 44.2 Å². The summed E-state index contributed by atoms with van der Waals surface area (Å²) in [5.41, 5.74) is 1.06. The number of nitrogens with zero attached hydrogens (tertiary/aromatic N) is 2. The Balaban J connectivity index is 2.05. The van der Waals surface area contributed by atoms with Crippen LogP contribution in [0.15, 0.2) is 77.7 Å². The predicted octanol–water partition coefficient (Wildman–Crippen LogP) is 4.24. The zero-order chi connectivity index (χ0) is 30.7. The number of para-hydroxylation sites is 1. The fraction of sp³-hybridized carbons (Fsp3) is 0.355. The van der Waals surface area contributed by atoms with E-state index in [1.807, 2.05) is 26.0 Å². The molecule has 1 unspecified atom stereocenters. The monoisotopic (exact) mass is 597 g/mol. The summed E-state index contributed by atoms with van der Waals surface area (Å²) in [6, 6.07) is 19.0. The van der Waals surface area contributed by atoms with E-state index in [-0.39, 0.29) is 23.1 Å². The molecule has 10 nitrogen and oxygen atoms in total. The molecule has 3 rings (SSSR count). The minimum absolute atomic E-state index is 0.0776. The molecule has 11 heteroatoms. The zero-order valence-corrected chi connectivity index (χ0v) is 25.5. The van der Waals surface area contributed by atoms with Crippen LogP contribution < -0.4 is 23.8 Å². The number of amides is 2. The molecule has 1 atom stereocenters. The number of sulfonamides is 1. The van der Waals surface area contributed by atoms with E-state index in [4.69, 9.17) is 14.2 Å². The Morgan fingerprint density at radius 1 is 0.857 bits per heavy atom. The highest BCUT2D eigenvalue weighted by Gasteiger charge is 2.34. The van der Waals surface area contributed by atoms with Crippen molar-refractivity contribution in [3.8, 4) is 17.2 Å². The van der Waals surface area contributed by atoms with Crippen molar-refractivity contribution in [2.24, 2.45) is 0 Å². The van der Waals surface area contributed by atoms with Crippen LogP contribution in [0.1, 0.15) is 32.3 Å². The van der Waals surface area contributed by atoms with E-state index in [2.05, 4.69) is 5.32 Å². The highest BCUT2D eigenvalue weighted by atomic mass is 32.2. The van der Waals surface area contributed by atoms with E-state index in [0.29, 0.717) is 30.2 Å². The average molecular weight is 598 g/mol. The molecule has 1 N–H and O–H groups in total. The van der Waals surface area contributed by atoms with E-state index in [9.17, 15) is 18.0 Å². The van der Waals surface area contributed by atoms with Crippen LogP contribution in [0.2, 0.25) is 0 Å². The summed E-state index contributed by atoms with van der Waals surface area (Å²) in [7, 11) is 0.179. The van der Waals surface area contributed by atoms with Crippen LogP contribution in [0, 0.1) is 0 Å². The average Bonchev–Trinajstić information content (AvgIpc) is 3.02. The first-order chi connectivity index (χ1) is 20.2. The minimum atomic E-state index is -4.26. The molecule has 0 aliphatic heterocycles. The second-order valence-electron chi connectivity index (χ2n) is 9.45. The zero-order valence-electron chi connectivity index (χ0n) is 24.7. The second-order valence-corrected chi connectivity index (χ2v) is 11.3. The highest BCUT2D eigenvalue weighted by molar-refractivity contribution is 7.92. The van der Waals surface area contributed by atoms with Gasteiger partial charge in [-0.05, 0) is 54.8 Å². The quantitative estimate of drug-likeness (QED) is 0.279. The normalized spacial score (nSPS) is 11.7. The van der Waals surface area contributed by atoms with Crippen LogP contribution in [0.4, 0.5) is 5.69 Å².